The van der Waals surface area contributed by atoms with E-state index in [9.17, 15) is 0 Å². The molecule has 1 fully saturated rings. The van der Waals surface area contributed by atoms with E-state index < -0.39 is 77.0 Å². The van der Waals surface area contributed by atoms with Crippen LogP contribution in [0.25, 0.3) is 0 Å². The van der Waals surface area contributed by atoms with Gasteiger partial charge in [-0.3, -0.25) is 0 Å². The molecule has 6 nitrogen and oxygen atoms in total. The van der Waals surface area contributed by atoms with E-state index in [4.69, 9.17) is 24.7 Å². The molecule has 0 N–H and O–H groups in total. The van der Waals surface area contributed by atoms with Crippen LogP contribution in [-0.2, 0) is 24.7 Å². The zero-order valence-electron chi connectivity index (χ0n) is 27.3. The molecule has 0 aromatic rings. The van der Waals surface area contributed by atoms with Gasteiger partial charge in [0.05, 0.1) is 0 Å². The molecule has 1 saturated heterocycles. The second-order valence-electron chi connectivity index (χ2n) is 15.0. The maximum atomic E-state index is 7.09. The van der Waals surface area contributed by atoms with Crippen molar-refractivity contribution in [2.24, 2.45) is 0 Å². The molecule has 0 aromatic heterocycles. The Labute approximate surface area is 241 Å². The number of rotatable bonds is 15. The molecule has 1 aliphatic rings. The van der Waals surface area contributed by atoms with Gasteiger partial charge < -0.3 is 24.7 Å². The molecule has 1 aliphatic heterocycles. The van der Waals surface area contributed by atoms with Gasteiger partial charge in [0.2, 0.25) is 0 Å². The molecule has 222 valence electrons. The smallest absolute Gasteiger partial charge is 0.317 e. The molecule has 0 spiro atoms. The summed E-state index contributed by atoms with van der Waals surface area (Å²) in [6, 6.07) is 6.36. The quantitative estimate of drug-likeness (QED) is 0.166. The maximum absolute atomic E-state index is 7.09. The molecule has 1 heterocycles. The monoisotopic (exact) mass is 674 g/mol. The Morgan fingerprint density at radius 3 is 1.03 bits per heavy atom. The summed E-state index contributed by atoms with van der Waals surface area (Å²) in [5.41, 5.74) is 0. The van der Waals surface area contributed by atoms with Crippen LogP contribution < -0.4 is 0 Å². The minimum atomic E-state index is -2.41. The minimum Gasteiger partial charge on any atom is -0.458 e. The van der Waals surface area contributed by atoms with E-state index in [1.165, 1.54) is 0 Å². The van der Waals surface area contributed by atoms with Crippen molar-refractivity contribution in [3.05, 3.63) is 0 Å². The van der Waals surface area contributed by atoms with Gasteiger partial charge in [-0.25, -0.2) is 0 Å². The van der Waals surface area contributed by atoms with E-state index in [1.54, 1.807) is 0 Å². The Bertz CT molecular complexity index is 692. The van der Waals surface area contributed by atoms with Crippen LogP contribution in [0.15, 0.2) is 0 Å². The molecule has 37 heavy (non-hydrogen) atoms. The summed E-state index contributed by atoms with van der Waals surface area (Å²) in [5.74, 6) is 0. The van der Waals surface area contributed by atoms with Crippen molar-refractivity contribution in [1.82, 2.24) is 0 Å². The molecule has 0 bridgehead atoms. The fraction of sp³-hybridized carbons (Fsp3) is 1.00. The lowest BCUT2D eigenvalue weighted by Gasteiger charge is -2.51. The highest BCUT2D eigenvalue weighted by Crippen LogP contribution is 2.41. The summed E-state index contributed by atoms with van der Waals surface area (Å²) in [4.78, 5) is 0. The number of hydrogen-bond donors (Lipinski definition) is 0. The SMILES string of the molecule is C[SiH](C)O[Si](C)(C)CC[Si]1(C)O[Si](C)(CC[Si](C)(C)O[SiH](C)C)O[Si](C)(CC[Si](C)(C)O[Si](C)(C)C)O1. The Morgan fingerprint density at radius 1 is 0.514 bits per heavy atom. The highest BCUT2D eigenvalue weighted by atomic mass is 28.5. The predicted octanol–water partition coefficient (Wildman–Crippen LogP) is 7.73. The molecule has 0 aliphatic carbocycles. The van der Waals surface area contributed by atoms with Crippen LogP contribution in [0.4, 0.5) is 0 Å². The summed E-state index contributed by atoms with van der Waals surface area (Å²) in [6.07, 6.45) is 0. The van der Waals surface area contributed by atoms with Crippen LogP contribution in [0.1, 0.15) is 0 Å². The number of hydrogen-bond acceptors (Lipinski definition) is 6. The largest absolute Gasteiger partial charge is 0.458 e. The fourth-order valence-corrected chi connectivity index (χ4v) is 51.5. The highest BCUT2D eigenvalue weighted by molar-refractivity contribution is 6.95. The highest BCUT2D eigenvalue weighted by Gasteiger charge is 2.57. The van der Waals surface area contributed by atoms with Gasteiger partial charge in [0.25, 0.3) is 0 Å². The van der Waals surface area contributed by atoms with E-state index >= 15 is 0 Å². The zero-order valence-corrected chi connectivity index (χ0v) is 36.7. The third-order valence-electron chi connectivity index (χ3n) is 6.53. The fourth-order valence-electron chi connectivity index (χ4n) is 5.60. The van der Waals surface area contributed by atoms with Gasteiger partial charge in [0.15, 0.2) is 51.4 Å². The van der Waals surface area contributed by atoms with Gasteiger partial charge in [-0.05, 0) is 141 Å². The second-order valence-corrected chi connectivity index (χ2v) is 49.0. The van der Waals surface area contributed by atoms with Crippen molar-refractivity contribution in [2.75, 3.05) is 0 Å². The summed E-state index contributed by atoms with van der Waals surface area (Å²) in [5, 5.41) is 0. The average Bonchev–Trinajstić information content (AvgIpc) is 2.59. The lowest BCUT2D eigenvalue weighted by atomic mass is 10.9. The van der Waals surface area contributed by atoms with E-state index in [2.05, 4.69) is 105 Å². The first-order chi connectivity index (χ1) is 16.3. The van der Waals surface area contributed by atoms with Crippen LogP contribution >= 0.6 is 0 Å². The van der Waals surface area contributed by atoms with Gasteiger partial charge in [0.1, 0.15) is 0 Å². The summed E-state index contributed by atoms with van der Waals surface area (Å²) < 4.78 is 41.0. The standard InChI is InChI=1S/C22H62O6Si9/c1-29(2)23-32(8,9)17-20-35(14)26-36(15,21-18-33(10,11)24-30(3)4)28-37(16,27-35)22-19-34(12,13)25-31(5,6)7/h29-30H,17-22H2,1-16H3. The summed E-state index contributed by atoms with van der Waals surface area (Å²) in [7, 11) is -16.2. The Balaban J connectivity index is 3.16. The Morgan fingerprint density at radius 2 is 0.784 bits per heavy atom. The summed E-state index contributed by atoms with van der Waals surface area (Å²) >= 11 is 0. The summed E-state index contributed by atoms with van der Waals surface area (Å²) in [6.45, 7) is 37.2. The van der Waals surface area contributed by atoms with Crippen LogP contribution in [0.2, 0.25) is 141 Å². The molecule has 2 unspecified atom stereocenters. The zero-order chi connectivity index (χ0) is 29.1. The van der Waals surface area contributed by atoms with Crippen molar-refractivity contribution < 1.29 is 24.7 Å². The first-order valence-electron chi connectivity index (χ1n) is 14.4. The van der Waals surface area contributed by atoms with Crippen molar-refractivity contribution in [3.63, 3.8) is 0 Å². The molecule has 1 rings (SSSR count). The lowest BCUT2D eigenvalue weighted by molar-refractivity contribution is 0.223. The van der Waals surface area contributed by atoms with Crippen molar-refractivity contribution in [1.29, 1.82) is 0 Å². The normalized spacial score (nSPS) is 28.4. The maximum Gasteiger partial charge on any atom is 0.317 e. The second kappa shape index (κ2) is 13.3. The van der Waals surface area contributed by atoms with Crippen molar-refractivity contribution in [2.45, 2.75) is 141 Å². The van der Waals surface area contributed by atoms with E-state index in [-0.39, 0.29) is 0 Å². The Hall–Kier alpha value is 1.71. The third-order valence-corrected chi connectivity index (χ3v) is 39.8. The molecule has 0 radical (unpaired) electrons. The molecule has 2 atom stereocenters. The molecule has 0 aromatic carbocycles. The van der Waals surface area contributed by atoms with Crippen molar-refractivity contribution in [3.8, 4) is 0 Å². The minimum absolute atomic E-state index is 1.01. The van der Waals surface area contributed by atoms with Crippen molar-refractivity contribution >= 4 is 77.0 Å². The van der Waals surface area contributed by atoms with Crippen LogP contribution in [0.5, 0.6) is 0 Å². The van der Waals surface area contributed by atoms with Crippen LogP contribution in [0, 0.1) is 0 Å². The van der Waals surface area contributed by atoms with Crippen LogP contribution in [0.3, 0.4) is 0 Å². The van der Waals surface area contributed by atoms with Gasteiger partial charge in [0, 0.05) is 0 Å². The van der Waals surface area contributed by atoms with E-state index in [1.807, 2.05) is 0 Å². The molecular formula is C22H62O6Si9. The molecular weight excluding hydrogens is 613 g/mol. The average molecular weight is 676 g/mol. The van der Waals surface area contributed by atoms with E-state index in [0.717, 1.165) is 36.3 Å². The van der Waals surface area contributed by atoms with Gasteiger partial charge >= 0.3 is 25.7 Å². The first kappa shape index (κ1) is 36.7. The van der Waals surface area contributed by atoms with E-state index in [0.29, 0.717) is 0 Å². The lowest BCUT2D eigenvalue weighted by Crippen LogP contribution is -2.68. The molecule has 0 amide bonds. The van der Waals surface area contributed by atoms with Crippen LogP contribution in [-0.4, -0.2) is 77.0 Å². The molecule has 15 heteroatoms. The van der Waals surface area contributed by atoms with Gasteiger partial charge in [-0.1, -0.05) is 0 Å². The molecule has 0 saturated carbocycles. The van der Waals surface area contributed by atoms with Gasteiger partial charge in [-0.2, -0.15) is 0 Å². The first-order valence-corrected chi connectivity index (χ1v) is 40.3. The Kier molecular flexibility index (Phi) is 13.3. The van der Waals surface area contributed by atoms with Gasteiger partial charge in [-0.15, -0.1) is 0 Å². The third kappa shape index (κ3) is 15.0. The topological polar surface area (TPSA) is 55.4 Å². The predicted molar refractivity (Wildman–Crippen MR) is 184 cm³/mol.